The molecule has 0 aromatic rings. The van der Waals surface area contributed by atoms with Crippen LogP contribution in [0.15, 0.2) is 11.1 Å². The van der Waals surface area contributed by atoms with Crippen LogP contribution in [0.4, 0.5) is 0 Å². The van der Waals surface area contributed by atoms with E-state index in [4.69, 9.17) is 16.7 Å². The first-order valence-corrected chi connectivity index (χ1v) is 2.07. The molecule has 0 aromatic heterocycles. The second kappa shape index (κ2) is 5.51. The van der Waals surface area contributed by atoms with Crippen molar-refractivity contribution in [3.8, 4) is 0 Å². The summed E-state index contributed by atoms with van der Waals surface area (Å²) in [7, 11) is 0. The zero-order valence-electron chi connectivity index (χ0n) is 3.81. The third kappa shape index (κ3) is 9.62. The molecule has 1 N–H and O–H groups in total. The van der Waals surface area contributed by atoms with Gasteiger partial charge in [0.15, 0.2) is 0 Å². The van der Waals surface area contributed by atoms with Gasteiger partial charge in [-0.15, -0.1) is 0 Å². The summed E-state index contributed by atoms with van der Waals surface area (Å²) in [5.41, 5.74) is 0. The number of aliphatic carboxylic acids is 1. The number of carboxylic acid groups (broad SMARTS) is 1. The Kier molecular flexibility index (Phi) is 7.71. The molecule has 0 atom stereocenters. The van der Waals surface area contributed by atoms with Crippen LogP contribution in [0, 0.1) is 0 Å². The molecule has 0 saturated carbocycles. The molecule has 0 saturated heterocycles. The summed E-state index contributed by atoms with van der Waals surface area (Å²) >= 11 is 5.15. The van der Waals surface area contributed by atoms with Crippen molar-refractivity contribution < 1.29 is 9.90 Å². The first-order valence-electron chi connectivity index (χ1n) is 1.69. The molecule has 0 unspecified atom stereocenters. The summed E-state index contributed by atoms with van der Waals surface area (Å²) in [6, 6.07) is 0. The van der Waals surface area contributed by atoms with E-state index in [0.717, 1.165) is 6.08 Å². The normalized spacial score (nSPS) is 10.0. The summed E-state index contributed by atoms with van der Waals surface area (Å²) in [6.07, 6.45) is 0.932. The van der Waals surface area contributed by atoms with Crippen molar-refractivity contribution >= 4 is 43.4 Å². The second-order valence-corrected chi connectivity index (χ2v) is 1.67. The fraction of sp³-hybridized carbons (Fsp3) is 0.250. The van der Waals surface area contributed by atoms with Crippen LogP contribution in [-0.2, 0) is 4.79 Å². The molecule has 8 heavy (non-hydrogen) atoms. The number of allylic oxidation sites excluding steroid dienone is 1. The summed E-state index contributed by atoms with van der Waals surface area (Å²) in [5.74, 6) is -1.01. The first kappa shape index (κ1) is 11.2. The fourth-order valence-electron chi connectivity index (χ4n) is 0.170. The average molecular weight is 238 g/mol. The zero-order chi connectivity index (χ0) is 5.86. The Hall–Kier alpha value is 0.370. The predicted octanol–water partition coefficient (Wildman–Crippen LogP) is 0.0297. The number of hydrogen-bond donors (Lipinski definition) is 1. The quantitative estimate of drug-likeness (QED) is 0.655. The Morgan fingerprint density at radius 2 is 2.12 bits per heavy atom. The molecule has 0 rings (SSSR count). The molecule has 2 nitrogen and oxygen atoms in total. The molecule has 0 heterocycles. The van der Waals surface area contributed by atoms with Gasteiger partial charge in [-0.3, -0.25) is 0 Å². The van der Waals surface area contributed by atoms with Gasteiger partial charge in [0.1, 0.15) is 0 Å². The molecule has 0 spiro atoms. The van der Waals surface area contributed by atoms with Gasteiger partial charge < -0.3 is 5.11 Å². The zero-order valence-corrected chi connectivity index (χ0v) is 4.57. The van der Waals surface area contributed by atoms with Crippen LogP contribution in [0.1, 0.15) is 6.92 Å². The summed E-state index contributed by atoms with van der Waals surface area (Å²) in [5, 5.41) is 8.21. The molecule has 0 aliphatic heterocycles. The van der Waals surface area contributed by atoms with Crippen molar-refractivity contribution in [2.75, 3.05) is 0 Å². The summed E-state index contributed by atoms with van der Waals surface area (Å²) in [6.45, 7) is 1.51. The van der Waals surface area contributed by atoms with Gasteiger partial charge in [-0.2, -0.15) is 0 Å². The standard InChI is InChI=1S/C4H5ClO2.In.3H/c1-3(5)2-4(6)7;;;;/h2H,1H3,(H,6,7);;;;/b3-2-;;;;. The Morgan fingerprint density at radius 3 is 2.12 bits per heavy atom. The number of carbonyl (C=O) groups is 1. The molecule has 0 amide bonds. The van der Waals surface area contributed by atoms with E-state index in [1.807, 2.05) is 0 Å². The van der Waals surface area contributed by atoms with Gasteiger partial charge in [-0.05, 0) is 6.92 Å². The molecule has 0 aliphatic carbocycles. The minimum atomic E-state index is -1.01. The van der Waals surface area contributed by atoms with E-state index < -0.39 is 5.97 Å². The second-order valence-electron chi connectivity index (χ2n) is 1.07. The van der Waals surface area contributed by atoms with Crippen molar-refractivity contribution in [2.45, 2.75) is 6.92 Å². The van der Waals surface area contributed by atoms with Crippen LogP contribution in [0.2, 0.25) is 0 Å². The number of halogens is 1. The third-order valence-electron chi connectivity index (χ3n) is 0.322. The first-order chi connectivity index (χ1) is 3.13. The van der Waals surface area contributed by atoms with Gasteiger partial charge in [-0.1, -0.05) is 11.6 Å². The van der Waals surface area contributed by atoms with Crippen molar-refractivity contribution in [2.24, 2.45) is 0 Å². The van der Waals surface area contributed by atoms with Crippen LogP contribution in [0.3, 0.4) is 0 Å². The Morgan fingerprint density at radius 1 is 1.75 bits per heavy atom. The SMILES string of the molecule is C/C(Cl)=C/C(=O)O.[InH3]. The van der Waals surface area contributed by atoms with Gasteiger partial charge in [-0.25, -0.2) is 4.79 Å². The van der Waals surface area contributed by atoms with Crippen LogP contribution < -0.4 is 0 Å². The van der Waals surface area contributed by atoms with E-state index in [-0.39, 0.29) is 30.9 Å². The monoisotopic (exact) mass is 238 g/mol. The van der Waals surface area contributed by atoms with Gasteiger partial charge in [0.2, 0.25) is 0 Å². The van der Waals surface area contributed by atoms with Gasteiger partial charge in [0, 0.05) is 11.1 Å². The van der Waals surface area contributed by atoms with E-state index in [2.05, 4.69) is 0 Å². The van der Waals surface area contributed by atoms with E-state index >= 15 is 0 Å². The fourth-order valence-corrected chi connectivity index (χ4v) is 0.263. The van der Waals surface area contributed by atoms with E-state index in [9.17, 15) is 4.79 Å². The number of carboxylic acids is 1. The van der Waals surface area contributed by atoms with Gasteiger partial charge >= 0.3 is 31.8 Å². The van der Waals surface area contributed by atoms with Crippen molar-refractivity contribution in [3.05, 3.63) is 11.1 Å². The van der Waals surface area contributed by atoms with E-state index in [0.29, 0.717) is 0 Å². The molecular formula is C4H8ClInO2. The van der Waals surface area contributed by atoms with Crippen LogP contribution in [0.5, 0.6) is 0 Å². The maximum atomic E-state index is 9.65. The maximum absolute atomic E-state index is 9.65. The topological polar surface area (TPSA) is 37.3 Å². The van der Waals surface area contributed by atoms with Crippen molar-refractivity contribution in [3.63, 3.8) is 0 Å². The molecule has 0 radical (unpaired) electrons. The van der Waals surface area contributed by atoms with Crippen LogP contribution >= 0.6 is 11.6 Å². The molecule has 0 bridgehead atoms. The van der Waals surface area contributed by atoms with Crippen molar-refractivity contribution in [1.29, 1.82) is 0 Å². The third-order valence-corrected chi connectivity index (χ3v) is 0.431. The minimum absolute atomic E-state index is 0. The Labute approximate surface area is 71.3 Å². The van der Waals surface area contributed by atoms with Crippen LogP contribution in [0.25, 0.3) is 0 Å². The number of hydrogen-bond acceptors (Lipinski definition) is 1. The Bertz CT molecular complexity index is 107. The summed E-state index contributed by atoms with van der Waals surface area (Å²) in [4.78, 5) is 9.65. The molecule has 0 aromatic carbocycles. The molecule has 46 valence electrons. The van der Waals surface area contributed by atoms with Gasteiger partial charge in [0.25, 0.3) is 0 Å². The van der Waals surface area contributed by atoms with Crippen molar-refractivity contribution in [1.82, 2.24) is 0 Å². The van der Waals surface area contributed by atoms with E-state index in [1.54, 1.807) is 0 Å². The average Bonchev–Trinajstić information content (AvgIpc) is 1.27. The molecule has 0 aliphatic rings. The summed E-state index contributed by atoms with van der Waals surface area (Å²) < 4.78 is 0. The Balaban J connectivity index is 0. The number of rotatable bonds is 1. The van der Waals surface area contributed by atoms with Gasteiger partial charge in [0.05, 0.1) is 0 Å². The molecule has 0 fully saturated rings. The molecular weight excluding hydrogens is 230 g/mol. The predicted molar refractivity (Wildman–Crippen MR) is 37.2 cm³/mol. The molecule has 4 heteroatoms. The van der Waals surface area contributed by atoms with E-state index in [1.165, 1.54) is 6.92 Å². The van der Waals surface area contributed by atoms with Crippen LogP contribution in [-0.4, -0.2) is 36.9 Å².